The highest BCUT2D eigenvalue weighted by molar-refractivity contribution is 7.92. The fourth-order valence-corrected chi connectivity index (χ4v) is 4.69. The third-order valence-electron chi connectivity index (χ3n) is 5.49. The molecular weight excluding hydrogens is 426 g/mol. The minimum Gasteiger partial charge on any atom is -0.349 e. The van der Waals surface area contributed by atoms with Crippen LogP contribution in [0.1, 0.15) is 24.0 Å². The lowest BCUT2D eigenvalue weighted by molar-refractivity contribution is -0.128. The van der Waals surface area contributed by atoms with Crippen LogP contribution in [-0.4, -0.2) is 56.6 Å². The Balaban J connectivity index is 1.51. The molecule has 0 unspecified atom stereocenters. The van der Waals surface area contributed by atoms with E-state index in [1.165, 1.54) is 9.71 Å². The smallest absolute Gasteiger partial charge is 0.236 e. The summed E-state index contributed by atoms with van der Waals surface area (Å²) in [5, 5.41) is 4.13. The van der Waals surface area contributed by atoms with Gasteiger partial charge in [0.05, 0.1) is 6.42 Å². The Morgan fingerprint density at radius 2 is 1.66 bits per heavy atom. The van der Waals surface area contributed by atoms with Crippen LogP contribution in [0.15, 0.2) is 60.0 Å². The predicted octanol–water partition coefficient (Wildman–Crippen LogP) is 2.97. The van der Waals surface area contributed by atoms with E-state index in [1.807, 2.05) is 42.5 Å². The number of sulfonamides is 1. The summed E-state index contributed by atoms with van der Waals surface area (Å²) in [5.41, 5.74) is 2.36. The van der Waals surface area contributed by atoms with Gasteiger partial charge in [-0.25, -0.2) is 8.42 Å². The quantitative estimate of drug-likeness (QED) is 0.695. The first-order chi connectivity index (χ1) is 15.2. The van der Waals surface area contributed by atoms with E-state index in [-0.39, 0.29) is 17.7 Å². The van der Waals surface area contributed by atoms with Gasteiger partial charge >= 0.3 is 0 Å². The molecule has 0 spiro atoms. The number of anilines is 1. The molecule has 2 aromatic carbocycles. The summed E-state index contributed by atoms with van der Waals surface area (Å²) in [6.07, 6.45) is 2.84. The highest BCUT2D eigenvalue weighted by atomic mass is 32.2. The van der Waals surface area contributed by atoms with Crippen molar-refractivity contribution >= 4 is 33.6 Å². The maximum Gasteiger partial charge on any atom is 0.236 e. The molecule has 1 N–H and O–H groups in total. The molecule has 1 aliphatic heterocycles. The van der Waals surface area contributed by atoms with E-state index in [4.69, 9.17) is 0 Å². The van der Waals surface area contributed by atoms with Gasteiger partial charge in [0.1, 0.15) is 0 Å². The number of hydrogen-bond donors (Lipinski definition) is 1. The van der Waals surface area contributed by atoms with Crippen molar-refractivity contribution in [1.82, 2.24) is 9.21 Å². The second-order valence-electron chi connectivity index (χ2n) is 8.08. The monoisotopic (exact) mass is 455 g/mol. The molecular formula is C24H29N3O4S. The highest BCUT2D eigenvalue weighted by Gasteiger charge is 2.30. The van der Waals surface area contributed by atoms with Crippen LogP contribution in [0.3, 0.4) is 0 Å². The third kappa shape index (κ3) is 6.51. The fourth-order valence-electron chi connectivity index (χ4n) is 3.47. The van der Waals surface area contributed by atoms with Crippen molar-refractivity contribution < 1.29 is 18.0 Å². The lowest BCUT2D eigenvalue weighted by Gasteiger charge is -2.29. The first-order valence-corrected chi connectivity index (χ1v) is 12.1. The summed E-state index contributed by atoms with van der Waals surface area (Å²) in [4.78, 5) is 26.0. The van der Waals surface area contributed by atoms with Crippen LogP contribution in [0.25, 0.3) is 6.08 Å². The van der Waals surface area contributed by atoms with Gasteiger partial charge in [-0.1, -0.05) is 42.5 Å². The Kier molecular flexibility index (Phi) is 7.82. The number of rotatable bonds is 7. The highest BCUT2D eigenvalue weighted by Crippen LogP contribution is 2.23. The maximum atomic E-state index is 12.6. The van der Waals surface area contributed by atoms with Crippen molar-refractivity contribution in [3.8, 4) is 0 Å². The molecule has 0 atom stereocenters. The predicted molar refractivity (Wildman–Crippen MR) is 126 cm³/mol. The zero-order valence-corrected chi connectivity index (χ0v) is 19.2. The Labute approximate surface area is 189 Å². The first-order valence-electron chi connectivity index (χ1n) is 10.6. The molecule has 2 amide bonds. The van der Waals surface area contributed by atoms with Crippen molar-refractivity contribution in [1.29, 1.82) is 0 Å². The largest absolute Gasteiger partial charge is 0.349 e. The van der Waals surface area contributed by atoms with Crippen molar-refractivity contribution in [2.45, 2.75) is 19.3 Å². The zero-order valence-electron chi connectivity index (χ0n) is 18.4. The van der Waals surface area contributed by atoms with Crippen molar-refractivity contribution in [2.75, 3.05) is 32.5 Å². The van der Waals surface area contributed by atoms with E-state index in [0.717, 1.165) is 11.1 Å². The van der Waals surface area contributed by atoms with Gasteiger partial charge in [-0.2, -0.15) is 4.31 Å². The Morgan fingerprint density at radius 1 is 1.03 bits per heavy atom. The SMILES string of the molecule is CN(C)C(=O)Cc1ccc(NC(=O)C2CCN(S(=O)(=O)C=Cc3ccccc3)CC2)cc1. The first kappa shape index (κ1) is 23.7. The van der Waals surface area contributed by atoms with Crippen LogP contribution in [0.2, 0.25) is 0 Å². The fraction of sp³-hybridized carbons (Fsp3) is 0.333. The molecule has 3 rings (SSSR count). The molecule has 1 heterocycles. The van der Waals surface area contributed by atoms with Crippen LogP contribution in [0, 0.1) is 5.92 Å². The minimum atomic E-state index is -3.52. The van der Waals surface area contributed by atoms with Gasteiger partial charge in [-0.3, -0.25) is 9.59 Å². The number of likely N-dealkylation sites (N-methyl/N-ethyl adjacent to an activating group) is 1. The molecule has 1 fully saturated rings. The van der Waals surface area contributed by atoms with Gasteiger partial charge in [0.15, 0.2) is 0 Å². The number of nitrogens with zero attached hydrogens (tertiary/aromatic N) is 2. The van der Waals surface area contributed by atoms with Gasteiger partial charge in [0, 0.05) is 44.2 Å². The summed E-state index contributed by atoms with van der Waals surface area (Å²) in [5.74, 6) is -0.337. The van der Waals surface area contributed by atoms with Crippen molar-refractivity contribution in [3.63, 3.8) is 0 Å². The van der Waals surface area contributed by atoms with Crippen LogP contribution in [-0.2, 0) is 26.0 Å². The number of nitrogens with one attached hydrogen (secondary N) is 1. The Bertz CT molecular complexity index is 1060. The Morgan fingerprint density at radius 3 is 2.25 bits per heavy atom. The molecule has 0 aromatic heterocycles. The van der Waals surface area contributed by atoms with Gasteiger partial charge < -0.3 is 10.2 Å². The van der Waals surface area contributed by atoms with Gasteiger partial charge in [0.2, 0.25) is 21.8 Å². The number of benzene rings is 2. The van der Waals surface area contributed by atoms with Crippen LogP contribution < -0.4 is 5.32 Å². The molecule has 0 saturated carbocycles. The van der Waals surface area contributed by atoms with Gasteiger partial charge in [-0.05, 0) is 42.2 Å². The average molecular weight is 456 g/mol. The summed E-state index contributed by atoms with van der Waals surface area (Å²) in [6, 6.07) is 16.5. The maximum absolute atomic E-state index is 12.6. The lowest BCUT2D eigenvalue weighted by Crippen LogP contribution is -2.40. The number of amides is 2. The number of hydrogen-bond acceptors (Lipinski definition) is 4. The minimum absolute atomic E-state index is 0.0158. The molecule has 7 nitrogen and oxygen atoms in total. The second kappa shape index (κ2) is 10.6. The van der Waals surface area contributed by atoms with E-state index in [2.05, 4.69) is 5.32 Å². The zero-order chi connectivity index (χ0) is 23.1. The van der Waals surface area contributed by atoms with E-state index >= 15 is 0 Å². The third-order valence-corrected chi connectivity index (χ3v) is 7.06. The Hall–Kier alpha value is -2.97. The molecule has 1 aliphatic rings. The summed E-state index contributed by atoms with van der Waals surface area (Å²) < 4.78 is 26.6. The van der Waals surface area contributed by atoms with Crippen molar-refractivity contribution in [3.05, 3.63) is 71.1 Å². The van der Waals surface area contributed by atoms with Crippen LogP contribution >= 0.6 is 0 Å². The molecule has 0 radical (unpaired) electrons. The molecule has 8 heteroatoms. The summed E-state index contributed by atoms with van der Waals surface area (Å²) in [7, 11) is -0.0898. The van der Waals surface area contributed by atoms with E-state index in [1.54, 1.807) is 37.2 Å². The number of carbonyl (C=O) groups is 2. The molecule has 170 valence electrons. The second-order valence-corrected chi connectivity index (χ2v) is 9.90. The lowest BCUT2D eigenvalue weighted by atomic mass is 9.97. The molecule has 1 saturated heterocycles. The average Bonchev–Trinajstić information content (AvgIpc) is 2.79. The summed E-state index contributed by atoms with van der Waals surface area (Å²) in [6.45, 7) is 0.621. The normalized spacial score (nSPS) is 15.6. The van der Waals surface area contributed by atoms with Gasteiger partial charge in [-0.15, -0.1) is 0 Å². The number of carbonyl (C=O) groups excluding carboxylic acids is 2. The molecule has 0 bridgehead atoms. The standard InChI is InChI=1S/C24H29N3O4S/c1-26(2)23(28)18-20-8-10-22(11-9-20)25-24(29)21-12-15-27(16-13-21)32(30,31)17-14-19-6-4-3-5-7-19/h3-11,14,17,21H,12-13,15-16,18H2,1-2H3,(H,25,29). The van der Waals surface area contributed by atoms with E-state index in [0.29, 0.717) is 38.0 Å². The molecule has 0 aliphatic carbocycles. The number of piperidine rings is 1. The van der Waals surface area contributed by atoms with Gasteiger partial charge in [0.25, 0.3) is 0 Å². The van der Waals surface area contributed by atoms with E-state index in [9.17, 15) is 18.0 Å². The topological polar surface area (TPSA) is 86.8 Å². The molecule has 2 aromatic rings. The summed E-state index contributed by atoms with van der Waals surface area (Å²) >= 11 is 0. The van der Waals surface area contributed by atoms with Crippen LogP contribution in [0.4, 0.5) is 5.69 Å². The van der Waals surface area contributed by atoms with E-state index < -0.39 is 10.0 Å². The van der Waals surface area contributed by atoms with Crippen molar-refractivity contribution in [2.24, 2.45) is 5.92 Å². The molecule has 32 heavy (non-hydrogen) atoms. The van der Waals surface area contributed by atoms with Crippen LogP contribution in [0.5, 0.6) is 0 Å².